The maximum Gasteiger partial charge on any atom is 0.271 e. The van der Waals surface area contributed by atoms with Gasteiger partial charge in [-0.15, -0.1) is 0 Å². The van der Waals surface area contributed by atoms with Gasteiger partial charge in [-0.1, -0.05) is 13.0 Å². The Morgan fingerprint density at radius 1 is 1.26 bits per heavy atom. The molecule has 0 spiro atoms. The highest BCUT2D eigenvalue weighted by Crippen LogP contribution is 2.10. The number of Topliss-reactive ketones (excluding diaryl/α,β-unsaturated/α-hetero) is 1. The molecule has 1 unspecified atom stereocenters. The van der Waals surface area contributed by atoms with Crippen LogP contribution in [-0.2, 0) is 19.1 Å². The number of aliphatic hydroxyl groups is 4. The number of amidine groups is 1. The van der Waals surface area contributed by atoms with Crippen molar-refractivity contribution in [1.29, 1.82) is 0 Å². The minimum Gasteiger partial charge on any atom is -0.483 e. The third kappa shape index (κ3) is 15.1. The molecule has 2 heterocycles. The number of oxime groups is 1. The van der Waals surface area contributed by atoms with Crippen molar-refractivity contribution in [3.63, 3.8) is 0 Å². The van der Waals surface area contributed by atoms with E-state index in [0.29, 0.717) is 42.7 Å². The number of ether oxygens (including phenoxy) is 2. The first-order valence-corrected chi connectivity index (χ1v) is 11.9. The number of nitrogens with zero attached hydrogens (tertiary/aromatic N) is 6. The topological polar surface area (TPSA) is 172 Å². The van der Waals surface area contributed by atoms with E-state index in [2.05, 4.69) is 26.6 Å². The molecule has 2 aliphatic rings. The zero-order valence-electron chi connectivity index (χ0n) is 23.9. The zero-order valence-corrected chi connectivity index (χ0v) is 23.9. The van der Waals surface area contributed by atoms with Gasteiger partial charge in [-0.05, 0) is 38.1 Å². The standard InChI is InChI=1S/C7H12O2.C6H13N3O.C6H10N2O3.C5H11NO2/c1-3-7(9)6(2)4-5-8;1-5-8(2)6(4-10)7-9(5)3;1-5(7-4-9)6-8-11-3-2-10-6;1-5(8-3)6(2)4-7/h4,8H,3,5H2,1-2H3;5,10H,4H2,1-3H3;9H,2-4H2,1H3;7H,1,4H2,2-3H3/b6-4+;;;. The normalized spacial score (nSPS) is 16.6. The lowest BCUT2D eigenvalue weighted by molar-refractivity contribution is -0.115. The number of aliphatic imine (C=N–C) groups is 1. The summed E-state index contributed by atoms with van der Waals surface area (Å²) in [5.41, 5.74) is 1.20. The number of hydrogen-bond acceptors (Lipinski definition) is 14. The van der Waals surface area contributed by atoms with Crippen molar-refractivity contribution in [1.82, 2.24) is 14.8 Å². The summed E-state index contributed by atoms with van der Waals surface area (Å²) in [5.74, 6) is 1.65. The summed E-state index contributed by atoms with van der Waals surface area (Å²) in [6, 6.07) is 0. The molecule has 220 valence electrons. The highest BCUT2D eigenvalue weighted by atomic mass is 16.7. The first-order chi connectivity index (χ1) is 17.9. The maximum absolute atomic E-state index is 10.7. The Hall–Kier alpha value is -3.20. The number of allylic oxidation sites excluding steroid dienone is 1. The molecule has 0 aliphatic carbocycles. The predicted octanol–water partition coefficient (Wildman–Crippen LogP) is 0.163. The van der Waals surface area contributed by atoms with Gasteiger partial charge in [0.05, 0.1) is 19.4 Å². The Kier molecular flexibility index (Phi) is 21.2. The Morgan fingerprint density at radius 2 is 1.89 bits per heavy atom. The van der Waals surface area contributed by atoms with E-state index in [4.69, 9.17) is 30.0 Å². The summed E-state index contributed by atoms with van der Waals surface area (Å²) in [7, 11) is 7.01. The van der Waals surface area contributed by atoms with Crippen LogP contribution in [0.25, 0.3) is 0 Å². The Balaban J connectivity index is 0. The molecule has 0 fully saturated rings. The van der Waals surface area contributed by atoms with Crippen molar-refractivity contribution in [3.05, 3.63) is 24.1 Å². The summed E-state index contributed by atoms with van der Waals surface area (Å²) < 4.78 is 9.75. The van der Waals surface area contributed by atoms with Gasteiger partial charge in [-0.2, -0.15) is 5.10 Å². The maximum atomic E-state index is 10.7. The van der Waals surface area contributed by atoms with E-state index in [9.17, 15) is 4.79 Å². The van der Waals surface area contributed by atoms with Gasteiger partial charge in [-0.25, -0.2) is 0 Å². The number of carbonyl (C=O) groups excluding carboxylic acids is 1. The molecule has 0 aromatic carbocycles. The molecule has 0 aromatic rings. The van der Waals surface area contributed by atoms with Crippen LogP contribution < -0.4 is 0 Å². The van der Waals surface area contributed by atoms with E-state index < -0.39 is 0 Å². The highest BCUT2D eigenvalue weighted by Gasteiger charge is 2.23. The van der Waals surface area contributed by atoms with Crippen molar-refractivity contribution >= 4 is 23.2 Å². The molecule has 4 N–H and O–H groups in total. The fourth-order valence-corrected chi connectivity index (χ4v) is 2.36. The smallest absolute Gasteiger partial charge is 0.271 e. The van der Waals surface area contributed by atoms with Crippen LogP contribution >= 0.6 is 0 Å². The lowest BCUT2D eigenvalue weighted by Crippen LogP contribution is -2.36. The summed E-state index contributed by atoms with van der Waals surface area (Å²) in [6.45, 7) is 11.3. The van der Waals surface area contributed by atoms with Gasteiger partial charge in [0, 0.05) is 27.6 Å². The lowest BCUT2D eigenvalue weighted by atomic mass is 10.1. The number of hydrazone groups is 1. The van der Waals surface area contributed by atoms with Gasteiger partial charge >= 0.3 is 0 Å². The lowest BCUT2D eigenvalue weighted by Gasteiger charge is -2.21. The number of aliphatic hydroxyl groups excluding tert-OH is 4. The molecule has 0 saturated carbocycles. The van der Waals surface area contributed by atoms with Gasteiger partial charge in [0.2, 0.25) is 0 Å². The van der Waals surface area contributed by atoms with Crippen LogP contribution in [0.2, 0.25) is 0 Å². The number of ketones is 1. The minimum absolute atomic E-state index is 0.0190. The van der Waals surface area contributed by atoms with Crippen LogP contribution in [-0.4, -0.2) is 133 Å². The van der Waals surface area contributed by atoms with E-state index >= 15 is 0 Å². The molecule has 2 aliphatic heterocycles. The van der Waals surface area contributed by atoms with E-state index in [-0.39, 0.29) is 38.6 Å². The van der Waals surface area contributed by atoms with Crippen molar-refractivity contribution in [2.45, 2.75) is 40.3 Å². The second-order valence-corrected chi connectivity index (χ2v) is 7.74. The zero-order chi connectivity index (χ0) is 29.7. The fraction of sp³-hybridized carbons (Fsp3) is 0.667. The number of carbonyl (C=O) groups is 1. The molecular weight excluding hydrogens is 500 g/mol. The van der Waals surface area contributed by atoms with E-state index in [1.54, 1.807) is 27.8 Å². The van der Waals surface area contributed by atoms with Crippen molar-refractivity contribution in [3.8, 4) is 0 Å². The Bertz CT molecular complexity index is 816. The van der Waals surface area contributed by atoms with Gasteiger partial charge in [0.15, 0.2) is 24.1 Å². The summed E-state index contributed by atoms with van der Waals surface area (Å²) in [4.78, 5) is 22.6. The number of hydrogen-bond donors (Lipinski definition) is 4. The van der Waals surface area contributed by atoms with Gasteiger partial charge in [0.1, 0.15) is 32.8 Å². The third-order valence-corrected chi connectivity index (χ3v) is 5.13. The first kappa shape index (κ1) is 37.0. The SMILES string of the molecule is C=C(OC)N(C)CO.CC(=NCO)C1=NOCCO1.CC1N(C)N=C(CO)N1C.CCC(=O)/C(C)=C/CO. The summed E-state index contributed by atoms with van der Waals surface area (Å²) in [6.07, 6.45) is 2.30. The third-order valence-electron chi connectivity index (χ3n) is 5.13. The highest BCUT2D eigenvalue weighted by molar-refractivity contribution is 6.37. The van der Waals surface area contributed by atoms with Crippen LogP contribution in [0.5, 0.6) is 0 Å². The second-order valence-electron chi connectivity index (χ2n) is 7.74. The van der Waals surface area contributed by atoms with Crippen LogP contribution in [0.15, 0.2) is 39.4 Å². The number of rotatable bonds is 9. The number of methoxy groups -OCH3 is 1. The average molecular weight is 547 g/mol. The van der Waals surface area contributed by atoms with Gasteiger partial charge in [0.25, 0.3) is 5.90 Å². The molecule has 14 heteroatoms. The van der Waals surface area contributed by atoms with Gasteiger partial charge < -0.3 is 44.5 Å². The molecule has 0 amide bonds. The molecule has 0 saturated heterocycles. The van der Waals surface area contributed by atoms with Crippen LogP contribution in [0.1, 0.15) is 34.1 Å². The van der Waals surface area contributed by atoms with Crippen LogP contribution in [0.3, 0.4) is 0 Å². The average Bonchev–Trinajstić information content (AvgIpc) is 3.19. The molecule has 0 aromatic heterocycles. The minimum atomic E-state index is -0.256. The summed E-state index contributed by atoms with van der Waals surface area (Å²) in [5, 5.41) is 43.5. The fourth-order valence-electron chi connectivity index (χ4n) is 2.36. The van der Waals surface area contributed by atoms with Gasteiger partial charge in [-0.3, -0.25) is 14.8 Å². The largest absolute Gasteiger partial charge is 0.483 e. The van der Waals surface area contributed by atoms with Crippen molar-refractivity contribution in [2.24, 2.45) is 15.2 Å². The molecule has 2 rings (SSSR count). The Labute approximate surface area is 225 Å². The van der Waals surface area contributed by atoms with Crippen molar-refractivity contribution < 1.29 is 39.5 Å². The van der Waals surface area contributed by atoms with E-state index in [1.807, 2.05) is 30.9 Å². The number of likely N-dealkylation sites (N-methyl/N-ethyl adjacent to an activating group) is 1. The van der Waals surface area contributed by atoms with Crippen LogP contribution in [0, 0.1) is 0 Å². The molecule has 1 atom stereocenters. The van der Waals surface area contributed by atoms with E-state index in [1.165, 1.54) is 18.1 Å². The second kappa shape index (κ2) is 21.8. The predicted molar refractivity (Wildman–Crippen MR) is 146 cm³/mol. The quantitative estimate of drug-likeness (QED) is 0.134. The molecular formula is C24H46N6O8. The first-order valence-electron chi connectivity index (χ1n) is 11.9. The van der Waals surface area contributed by atoms with E-state index in [0.717, 1.165) is 5.84 Å². The molecule has 38 heavy (non-hydrogen) atoms. The summed E-state index contributed by atoms with van der Waals surface area (Å²) >= 11 is 0. The van der Waals surface area contributed by atoms with Crippen molar-refractivity contribution in [2.75, 3.05) is 68.1 Å². The van der Waals surface area contributed by atoms with Crippen LogP contribution in [0.4, 0.5) is 0 Å². The Morgan fingerprint density at radius 3 is 2.21 bits per heavy atom. The molecule has 0 bridgehead atoms. The monoisotopic (exact) mass is 546 g/mol. The molecule has 0 radical (unpaired) electrons. The molecule has 14 nitrogen and oxygen atoms in total.